The molecule has 0 aromatic heterocycles. The molecule has 94 valence electrons. The zero-order chi connectivity index (χ0) is 13.0. The predicted octanol–water partition coefficient (Wildman–Crippen LogP) is 3.89. The van der Waals surface area contributed by atoms with Gasteiger partial charge in [-0.25, -0.2) is 8.78 Å². The molecular formula is C12H13ClF2O2. The van der Waals surface area contributed by atoms with E-state index in [0.717, 1.165) is 0 Å². The number of hydrogen-bond acceptors (Lipinski definition) is 2. The molecule has 0 N–H and O–H groups in total. The van der Waals surface area contributed by atoms with Crippen LogP contribution in [0.3, 0.4) is 0 Å². The number of benzene rings is 1. The largest absolute Gasteiger partial charge is 0.493 e. The van der Waals surface area contributed by atoms with Crippen LogP contribution in [0, 0.1) is 0 Å². The number of rotatable bonds is 5. The Hall–Kier alpha value is -1.16. The third-order valence-electron chi connectivity index (χ3n) is 2.22. The number of Topliss-reactive ketones (excluding diaryl/α,β-unsaturated/α-hetero) is 1. The van der Waals surface area contributed by atoms with Crippen LogP contribution in [0.15, 0.2) is 18.2 Å². The van der Waals surface area contributed by atoms with E-state index in [1.54, 1.807) is 6.92 Å². The highest BCUT2D eigenvalue weighted by molar-refractivity contribution is 6.30. The van der Waals surface area contributed by atoms with Crippen LogP contribution in [0.25, 0.3) is 0 Å². The summed E-state index contributed by atoms with van der Waals surface area (Å²) in [5, 5.41) is -0.900. The highest BCUT2D eigenvalue weighted by atomic mass is 35.5. The molecular weight excluding hydrogens is 250 g/mol. The lowest BCUT2D eigenvalue weighted by Crippen LogP contribution is -2.04. The average molecular weight is 263 g/mol. The second kappa shape index (κ2) is 5.96. The van der Waals surface area contributed by atoms with Crippen molar-refractivity contribution in [2.24, 2.45) is 0 Å². The van der Waals surface area contributed by atoms with Gasteiger partial charge in [0.2, 0.25) is 0 Å². The quantitative estimate of drug-likeness (QED) is 0.753. The monoisotopic (exact) mass is 262 g/mol. The molecule has 0 aliphatic rings. The number of ketones is 1. The van der Waals surface area contributed by atoms with Crippen molar-refractivity contribution >= 4 is 17.4 Å². The third kappa shape index (κ3) is 3.40. The van der Waals surface area contributed by atoms with Gasteiger partial charge in [-0.3, -0.25) is 4.79 Å². The number of halogens is 3. The molecule has 1 unspecified atom stereocenters. The summed E-state index contributed by atoms with van der Waals surface area (Å²) in [6.07, 6.45) is -2.66. The molecule has 0 aliphatic heterocycles. The summed E-state index contributed by atoms with van der Waals surface area (Å²) in [4.78, 5) is 11.1. The molecule has 0 bridgehead atoms. The highest BCUT2D eigenvalue weighted by Gasteiger charge is 2.19. The summed E-state index contributed by atoms with van der Waals surface area (Å²) in [5.74, 6) is -0.158. The summed E-state index contributed by atoms with van der Waals surface area (Å²) < 4.78 is 30.7. The lowest BCUT2D eigenvalue weighted by Gasteiger charge is -2.13. The van der Waals surface area contributed by atoms with E-state index in [2.05, 4.69) is 0 Å². The van der Waals surface area contributed by atoms with E-state index in [4.69, 9.17) is 16.3 Å². The van der Waals surface area contributed by atoms with Gasteiger partial charge in [-0.2, -0.15) is 0 Å². The minimum atomic E-state index is -2.66. The van der Waals surface area contributed by atoms with E-state index >= 15 is 0 Å². The Morgan fingerprint density at radius 3 is 2.59 bits per heavy atom. The van der Waals surface area contributed by atoms with Crippen LogP contribution < -0.4 is 4.74 Å². The molecule has 1 rings (SSSR count). The highest BCUT2D eigenvalue weighted by Crippen LogP contribution is 2.33. The molecule has 0 heterocycles. The van der Waals surface area contributed by atoms with Crippen molar-refractivity contribution in [1.82, 2.24) is 0 Å². The Bertz CT molecular complexity index is 407. The van der Waals surface area contributed by atoms with Crippen LogP contribution in [-0.2, 0) is 4.79 Å². The smallest absolute Gasteiger partial charge is 0.267 e. The number of hydrogen-bond donors (Lipinski definition) is 0. The SMILES string of the molecule is CCOc1ccc(C(Cl)C(C)=O)cc1C(F)F. The van der Waals surface area contributed by atoms with Gasteiger partial charge in [0.05, 0.1) is 12.2 Å². The summed E-state index contributed by atoms with van der Waals surface area (Å²) in [6, 6.07) is 4.16. The Kier molecular flexibility index (Phi) is 4.87. The number of carbonyl (C=O) groups excluding carboxylic acids is 1. The fraction of sp³-hybridized carbons (Fsp3) is 0.417. The number of alkyl halides is 3. The number of carbonyl (C=O) groups is 1. The Morgan fingerprint density at radius 1 is 1.47 bits per heavy atom. The second-order valence-electron chi connectivity index (χ2n) is 3.50. The zero-order valence-corrected chi connectivity index (χ0v) is 10.3. The van der Waals surface area contributed by atoms with Crippen molar-refractivity contribution in [3.63, 3.8) is 0 Å². The lowest BCUT2D eigenvalue weighted by atomic mass is 10.1. The van der Waals surface area contributed by atoms with Gasteiger partial charge in [0, 0.05) is 0 Å². The zero-order valence-electron chi connectivity index (χ0n) is 9.54. The molecule has 0 fully saturated rings. The van der Waals surface area contributed by atoms with E-state index in [9.17, 15) is 13.6 Å². The molecule has 5 heteroatoms. The maximum atomic E-state index is 12.8. The Morgan fingerprint density at radius 2 is 2.12 bits per heavy atom. The first kappa shape index (κ1) is 13.9. The standard InChI is InChI=1S/C12H13ClF2O2/c1-3-17-10-5-4-8(11(13)7(2)16)6-9(10)12(14)15/h4-6,11-12H,3H2,1-2H3. The van der Waals surface area contributed by atoms with Crippen LogP contribution in [0.5, 0.6) is 5.75 Å². The molecule has 17 heavy (non-hydrogen) atoms. The van der Waals surface area contributed by atoms with E-state index in [-0.39, 0.29) is 17.1 Å². The van der Waals surface area contributed by atoms with E-state index in [1.807, 2.05) is 0 Å². The van der Waals surface area contributed by atoms with Gasteiger partial charge < -0.3 is 4.74 Å². The van der Waals surface area contributed by atoms with Gasteiger partial charge >= 0.3 is 0 Å². The van der Waals surface area contributed by atoms with Gasteiger partial charge in [-0.05, 0) is 31.5 Å². The van der Waals surface area contributed by atoms with Gasteiger partial charge in [-0.1, -0.05) is 6.07 Å². The van der Waals surface area contributed by atoms with Crippen molar-refractivity contribution in [2.75, 3.05) is 6.61 Å². The van der Waals surface area contributed by atoms with Gasteiger partial charge in [0.1, 0.15) is 11.1 Å². The summed E-state index contributed by atoms with van der Waals surface area (Å²) >= 11 is 5.81. The normalized spacial score (nSPS) is 12.6. The van der Waals surface area contributed by atoms with Crippen molar-refractivity contribution in [3.8, 4) is 5.75 Å². The van der Waals surface area contributed by atoms with Crippen molar-refractivity contribution < 1.29 is 18.3 Å². The molecule has 0 saturated heterocycles. The van der Waals surface area contributed by atoms with Crippen molar-refractivity contribution in [3.05, 3.63) is 29.3 Å². The fourth-order valence-corrected chi connectivity index (χ4v) is 1.55. The molecule has 0 radical (unpaired) electrons. The Balaban J connectivity index is 3.13. The van der Waals surface area contributed by atoms with Crippen LogP contribution in [0.2, 0.25) is 0 Å². The molecule has 0 amide bonds. The first-order valence-electron chi connectivity index (χ1n) is 5.16. The summed E-state index contributed by atoms with van der Waals surface area (Å²) in [7, 11) is 0. The molecule has 2 nitrogen and oxygen atoms in total. The van der Waals surface area contributed by atoms with Crippen LogP contribution in [0.4, 0.5) is 8.78 Å². The Labute approximate surface area is 104 Å². The van der Waals surface area contributed by atoms with Gasteiger partial charge in [-0.15, -0.1) is 11.6 Å². The van der Waals surface area contributed by atoms with Gasteiger partial charge in [0.15, 0.2) is 5.78 Å². The maximum absolute atomic E-state index is 12.8. The summed E-state index contributed by atoms with van der Waals surface area (Å²) in [6.45, 7) is 3.33. The van der Waals surface area contributed by atoms with E-state index in [0.29, 0.717) is 12.2 Å². The average Bonchev–Trinajstić information content (AvgIpc) is 2.28. The first-order valence-corrected chi connectivity index (χ1v) is 5.60. The van der Waals surface area contributed by atoms with Crippen LogP contribution in [-0.4, -0.2) is 12.4 Å². The molecule has 0 aliphatic carbocycles. The minimum absolute atomic E-state index is 0.124. The minimum Gasteiger partial charge on any atom is -0.493 e. The van der Waals surface area contributed by atoms with Crippen molar-refractivity contribution in [2.45, 2.75) is 25.7 Å². The lowest BCUT2D eigenvalue weighted by molar-refractivity contribution is -0.116. The van der Waals surface area contributed by atoms with Crippen LogP contribution in [0.1, 0.15) is 36.8 Å². The van der Waals surface area contributed by atoms with E-state index < -0.39 is 11.8 Å². The topological polar surface area (TPSA) is 26.3 Å². The maximum Gasteiger partial charge on any atom is 0.267 e. The summed E-state index contributed by atoms with van der Waals surface area (Å²) in [5.41, 5.74) is 0.120. The predicted molar refractivity (Wildman–Crippen MR) is 61.8 cm³/mol. The van der Waals surface area contributed by atoms with E-state index in [1.165, 1.54) is 25.1 Å². The fourth-order valence-electron chi connectivity index (χ4n) is 1.42. The molecule has 0 saturated carbocycles. The van der Waals surface area contributed by atoms with Crippen LogP contribution >= 0.6 is 11.6 Å². The van der Waals surface area contributed by atoms with Gasteiger partial charge in [0.25, 0.3) is 6.43 Å². The molecule has 1 aromatic rings. The van der Waals surface area contributed by atoms with Crippen molar-refractivity contribution in [1.29, 1.82) is 0 Å². The molecule has 1 atom stereocenters. The second-order valence-corrected chi connectivity index (χ2v) is 3.94. The number of ether oxygens (including phenoxy) is 1. The molecule has 1 aromatic carbocycles. The molecule has 0 spiro atoms. The first-order chi connectivity index (χ1) is 7.97. The third-order valence-corrected chi connectivity index (χ3v) is 2.78.